The van der Waals surface area contributed by atoms with Crippen LogP contribution < -0.4 is 0 Å². The van der Waals surface area contributed by atoms with Crippen LogP contribution in [0.5, 0.6) is 0 Å². The second-order valence-corrected chi connectivity index (χ2v) is 16.9. The summed E-state index contributed by atoms with van der Waals surface area (Å²) >= 11 is 26.6. The molecule has 0 aromatic rings. The molecular weight excluding hydrogens is 613 g/mol. The maximum atomic E-state index is 12.7. The van der Waals surface area contributed by atoms with Gasteiger partial charge in [0.15, 0.2) is 0 Å². The molecule has 10 heteroatoms. The lowest BCUT2D eigenvalue weighted by Crippen LogP contribution is -2.45. The van der Waals surface area contributed by atoms with E-state index in [9.17, 15) is 9.59 Å². The molecule has 4 rings (SSSR count). The first-order chi connectivity index (χ1) is 18.8. The van der Waals surface area contributed by atoms with Crippen molar-refractivity contribution < 1.29 is 9.59 Å². The summed E-state index contributed by atoms with van der Waals surface area (Å²) in [6.45, 7) is 10.1. The van der Waals surface area contributed by atoms with Crippen molar-refractivity contribution in [2.45, 2.75) is 79.1 Å². The smallest absolute Gasteiger partial charge is 0.133 e. The van der Waals surface area contributed by atoms with Crippen LogP contribution >= 0.6 is 72.4 Å². The van der Waals surface area contributed by atoms with Crippen molar-refractivity contribution >= 4 is 104 Å². The number of carbonyl (C=O) groups excluding carboxylic acids is 2. The predicted octanol–water partition coefficient (Wildman–Crippen LogP) is 7.73. The SMILES string of the molecule is CC(C)(CCC(=O)CCC(=O)CCC(C)(C)CN1C(=S)C=C2SCCC2C1=S)CN1C(=S)C=C2SCCC2C1=S. The van der Waals surface area contributed by atoms with Crippen molar-refractivity contribution in [3.8, 4) is 0 Å². The van der Waals surface area contributed by atoms with E-state index in [2.05, 4.69) is 49.6 Å². The molecule has 2 fully saturated rings. The van der Waals surface area contributed by atoms with Crippen molar-refractivity contribution in [2.24, 2.45) is 22.7 Å². The number of thiocarbonyl (C=S) groups is 4. The van der Waals surface area contributed by atoms with Gasteiger partial charge in [-0.25, -0.2) is 0 Å². The average Bonchev–Trinajstić information content (AvgIpc) is 3.55. The molecule has 0 aliphatic carbocycles. The topological polar surface area (TPSA) is 40.6 Å². The highest BCUT2D eigenvalue weighted by Gasteiger charge is 2.38. The number of hydrogen-bond donors (Lipinski definition) is 0. The molecule has 0 aromatic heterocycles. The van der Waals surface area contributed by atoms with Crippen LogP contribution in [0.25, 0.3) is 0 Å². The van der Waals surface area contributed by atoms with Crippen molar-refractivity contribution in [3.05, 3.63) is 22.0 Å². The number of thioether (sulfide) groups is 2. The Morgan fingerprint density at radius 1 is 0.725 bits per heavy atom. The van der Waals surface area contributed by atoms with Crippen LogP contribution in [-0.2, 0) is 9.59 Å². The summed E-state index contributed by atoms with van der Waals surface area (Å²) in [5.74, 6) is 3.15. The van der Waals surface area contributed by atoms with Crippen molar-refractivity contribution in [1.82, 2.24) is 9.80 Å². The molecule has 0 amide bonds. The minimum atomic E-state index is -0.113. The van der Waals surface area contributed by atoms with Gasteiger partial charge in [-0.15, -0.1) is 23.5 Å². The Balaban J connectivity index is 1.17. The van der Waals surface area contributed by atoms with Gasteiger partial charge in [-0.3, -0.25) is 9.59 Å². The summed E-state index contributed by atoms with van der Waals surface area (Å²) in [6.07, 6.45) is 9.44. The molecular formula is C30H40N2O2S6. The van der Waals surface area contributed by atoms with Crippen LogP contribution in [0.2, 0.25) is 0 Å². The van der Waals surface area contributed by atoms with Gasteiger partial charge in [-0.05, 0) is 70.0 Å². The summed E-state index contributed by atoms with van der Waals surface area (Å²) < 4.78 is 0. The van der Waals surface area contributed by atoms with Crippen LogP contribution in [0.1, 0.15) is 79.1 Å². The lowest BCUT2D eigenvalue weighted by atomic mass is 9.84. The summed E-state index contributed by atoms with van der Waals surface area (Å²) in [5, 5.41) is 0. The molecule has 0 bridgehead atoms. The predicted molar refractivity (Wildman–Crippen MR) is 186 cm³/mol. The summed E-state index contributed by atoms with van der Waals surface area (Å²) in [4.78, 5) is 35.7. The van der Waals surface area contributed by atoms with Gasteiger partial charge >= 0.3 is 0 Å². The average molecular weight is 653 g/mol. The first-order valence-electron chi connectivity index (χ1n) is 14.2. The molecule has 0 spiro atoms. The fourth-order valence-electron chi connectivity index (χ4n) is 5.65. The zero-order valence-corrected chi connectivity index (χ0v) is 28.9. The number of Topliss-reactive ketones (excluding diaryl/α,β-unsaturated/α-hetero) is 2. The Labute approximate surface area is 269 Å². The second-order valence-electron chi connectivity index (χ2n) is 12.9. The van der Waals surface area contributed by atoms with E-state index in [1.807, 2.05) is 23.5 Å². The summed E-state index contributed by atoms with van der Waals surface area (Å²) in [6, 6.07) is 0. The van der Waals surface area contributed by atoms with Crippen molar-refractivity contribution in [3.63, 3.8) is 0 Å². The number of nitrogens with zero attached hydrogens (tertiary/aromatic N) is 2. The standard InChI is InChI=1S/C30H40N2O2S6/c1-29(2,17-31-25(35)15-23-21(27(31)37)9-13-39-23)11-7-19(33)5-6-20(34)8-12-30(3,4)18-32-26(36)16-24-22(28(32)38)10-14-40-24/h15-16,21-22H,5-14,17-18H2,1-4H3. The van der Waals surface area contributed by atoms with Gasteiger partial charge in [-0.2, -0.15) is 0 Å². The van der Waals surface area contributed by atoms with Crippen molar-refractivity contribution in [1.29, 1.82) is 0 Å². The Morgan fingerprint density at radius 3 is 1.48 bits per heavy atom. The van der Waals surface area contributed by atoms with E-state index in [0.717, 1.165) is 70.2 Å². The molecule has 40 heavy (non-hydrogen) atoms. The number of carbonyl (C=O) groups is 2. The highest BCUT2D eigenvalue weighted by molar-refractivity contribution is 8.03. The van der Waals surface area contributed by atoms with Crippen molar-refractivity contribution in [2.75, 3.05) is 24.6 Å². The van der Waals surface area contributed by atoms with Crippen LogP contribution in [0.15, 0.2) is 22.0 Å². The van der Waals surface area contributed by atoms with Gasteiger partial charge in [0.2, 0.25) is 0 Å². The number of ketones is 2. The molecule has 0 N–H and O–H groups in total. The van der Waals surface area contributed by atoms with E-state index in [-0.39, 0.29) is 22.4 Å². The Kier molecular flexibility index (Phi) is 10.9. The minimum absolute atomic E-state index is 0.113. The van der Waals surface area contributed by atoms with Crippen LogP contribution in [0, 0.1) is 22.7 Å². The largest absolute Gasteiger partial charge is 0.326 e. The molecule has 2 unspecified atom stereocenters. The Bertz CT molecular complexity index is 1080. The van der Waals surface area contributed by atoms with E-state index in [0.29, 0.717) is 37.5 Å². The first kappa shape index (κ1) is 32.4. The number of rotatable bonds is 13. The van der Waals surface area contributed by atoms with E-state index in [4.69, 9.17) is 48.9 Å². The third kappa shape index (κ3) is 8.10. The fraction of sp³-hybridized carbons (Fsp3) is 0.667. The lowest BCUT2D eigenvalue weighted by molar-refractivity contribution is -0.124. The van der Waals surface area contributed by atoms with Gasteiger partial charge < -0.3 is 9.80 Å². The van der Waals surface area contributed by atoms with E-state index >= 15 is 0 Å². The highest BCUT2D eigenvalue weighted by atomic mass is 32.2. The Hall–Kier alpha value is -0.520. The normalized spacial score (nSPS) is 23.3. The van der Waals surface area contributed by atoms with Gasteiger partial charge in [0.25, 0.3) is 0 Å². The van der Waals surface area contributed by atoms with Crippen LogP contribution in [-0.4, -0.2) is 65.9 Å². The molecule has 4 aliphatic heterocycles. The van der Waals surface area contributed by atoms with E-state index in [1.165, 1.54) is 9.81 Å². The fourth-order valence-corrected chi connectivity index (χ4v) is 9.89. The van der Waals surface area contributed by atoms with E-state index < -0.39 is 0 Å². The minimum Gasteiger partial charge on any atom is -0.326 e. The Morgan fingerprint density at radius 2 is 1.10 bits per heavy atom. The van der Waals surface area contributed by atoms with E-state index in [1.54, 1.807) is 0 Å². The monoisotopic (exact) mass is 652 g/mol. The first-order valence-corrected chi connectivity index (χ1v) is 17.8. The van der Waals surface area contributed by atoms with Crippen LogP contribution in [0.3, 0.4) is 0 Å². The van der Waals surface area contributed by atoms with Gasteiger partial charge in [-0.1, -0.05) is 76.6 Å². The zero-order chi connectivity index (χ0) is 29.2. The maximum Gasteiger partial charge on any atom is 0.133 e. The summed E-state index contributed by atoms with van der Waals surface area (Å²) in [7, 11) is 0. The molecule has 2 atom stereocenters. The quantitative estimate of drug-likeness (QED) is 0.185. The molecule has 0 aromatic carbocycles. The molecule has 4 aliphatic rings. The third-order valence-electron chi connectivity index (χ3n) is 8.25. The number of hydrogen-bond acceptors (Lipinski definition) is 8. The molecule has 218 valence electrons. The molecule has 4 nitrogen and oxygen atoms in total. The molecule has 2 saturated heterocycles. The van der Waals surface area contributed by atoms with Gasteiger partial charge in [0, 0.05) is 50.6 Å². The highest BCUT2D eigenvalue weighted by Crippen LogP contribution is 2.43. The molecule has 0 radical (unpaired) electrons. The van der Waals surface area contributed by atoms with Gasteiger partial charge in [0.1, 0.15) is 21.5 Å². The van der Waals surface area contributed by atoms with Gasteiger partial charge in [0.05, 0.1) is 9.98 Å². The zero-order valence-electron chi connectivity index (χ0n) is 24.0. The lowest BCUT2D eigenvalue weighted by Gasteiger charge is -2.38. The maximum absolute atomic E-state index is 12.7. The second kappa shape index (κ2) is 13.4. The number of fused-ring (bicyclic) bond motifs is 2. The third-order valence-corrected chi connectivity index (χ3v) is 12.3. The van der Waals surface area contributed by atoms with Crippen LogP contribution in [0.4, 0.5) is 0 Å². The molecule has 4 heterocycles. The molecule has 0 saturated carbocycles. The summed E-state index contributed by atoms with van der Waals surface area (Å²) in [5.41, 5.74) is -0.227.